The summed E-state index contributed by atoms with van der Waals surface area (Å²) in [6.07, 6.45) is 0.204. The van der Waals surface area contributed by atoms with Gasteiger partial charge in [0.25, 0.3) is 5.56 Å². The molecule has 94 valence electrons. The molecule has 0 amide bonds. The predicted octanol–water partition coefficient (Wildman–Crippen LogP) is 1.02. The minimum Gasteiger partial charge on any atom is -0.494 e. The van der Waals surface area contributed by atoms with Crippen molar-refractivity contribution >= 4 is 11.6 Å². The lowest BCUT2D eigenvalue weighted by Crippen LogP contribution is -2.30. The number of hydrogen-bond acceptors (Lipinski definition) is 3. The summed E-state index contributed by atoms with van der Waals surface area (Å²) < 4.78 is 0.987. The Balaban J connectivity index is 2.50. The number of rotatable bonds is 2. The van der Waals surface area contributed by atoms with Crippen LogP contribution in [0.2, 0.25) is 5.02 Å². The number of halogens is 1. The molecule has 0 bridgehead atoms. The first-order chi connectivity index (χ1) is 8.49. The maximum Gasteiger partial charge on any atom is 0.330 e. The second kappa shape index (κ2) is 4.70. The summed E-state index contributed by atoms with van der Waals surface area (Å²) in [6, 6.07) is 6.96. The predicted molar refractivity (Wildman–Crippen MR) is 68.2 cm³/mol. The van der Waals surface area contributed by atoms with Crippen molar-refractivity contribution in [1.82, 2.24) is 9.55 Å². The number of H-pyrrole nitrogens is 1. The van der Waals surface area contributed by atoms with Crippen LogP contribution in [0, 0.1) is 0 Å². The van der Waals surface area contributed by atoms with E-state index in [1.54, 1.807) is 24.3 Å². The van der Waals surface area contributed by atoms with Crippen LogP contribution in [0.5, 0.6) is 5.88 Å². The average Bonchev–Trinajstić information content (AvgIpc) is 2.32. The molecule has 1 heterocycles. The summed E-state index contributed by atoms with van der Waals surface area (Å²) in [6.45, 7) is 0. The molecule has 1 aromatic carbocycles. The molecule has 0 aliphatic rings. The Kier molecular flexibility index (Phi) is 3.25. The van der Waals surface area contributed by atoms with E-state index in [4.69, 9.17) is 11.6 Å². The monoisotopic (exact) mass is 266 g/mol. The third kappa shape index (κ3) is 2.31. The van der Waals surface area contributed by atoms with Gasteiger partial charge in [-0.2, -0.15) is 0 Å². The van der Waals surface area contributed by atoms with E-state index in [0.717, 1.165) is 10.1 Å². The van der Waals surface area contributed by atoms with E-state index < -0.39 is 11.2 Å². The molecule has 0 saturated carbocycles. The highest BCUT2D eigenvalue weighted by Gasteiger charge is 2.12. The van der Waals surface area contributed by atoms with Gasteiger partial charge < -0.3 is 5.11 Å². The molecule has 0 unspecified atom stereocenters. The second-order valence-electron chi connectivity index (χ2n) is 3.93. The first-order valence-corrected chi connectivity index (χ1v) is 5.62. The Labute approximate surface area is 107 Å². The van der Waals surface area contributed by atoms with Gasteiger partial charge in [0.15, 0.2) is 0 Å². The van der Waals surface area contributed by atoms with E-state index in [-0.39, 0.29) is 17.9 Å². The number of aromatic amines is 1. The van der Waals surface area contributed by atoms with E-state index in [1.165, 1.54) is 7.05 Å². The molecule has 6 heteroatoms. The van der Waals surface area contributed by atoms with Gasteiger partial charge in [0, 0.05) is 18.5 Å². The summed E-state index contributed by atoms with van der Waals surface area (Å²) in [7, 11) is 1.38. The molecule has 0 fully saturated rings. The smallest absolute Gasteiger partial charge is 0.330 e. The van der Waals surface area contributed by atoms with Gasteiger partial charge in [-0.15, -0.1) is 0 Å². The fourth-order valence-electron chi connectivity index (χ4n) is 1.67. The van der Waals surface area contributed by atoms with Crippen LogP contribution in [-0.4, -0.2) is 14.7 Å². The van der Waals surface area contributed by atoms with Crippen LogP contribution in [-0.2, 0) is 13.5 Å². The third-order valence-corrected chi connectivity index (χ3v) is 2.89. The maximum absolute atomic E-state index is 11.6. The van der Waals surface area contributed by atoms with Crippen molar-refractivity contribution < 1.29 is 5.11 Å². The fourth-order valence-corrected chi connectivity index (χ4v) is 1.88. The summed E-state index contributed by atoms with van der Waals surface area (Å²) in [4.78, 5) is 25.0. The van der Waals surface area contributed by atoms with Crippen molar-refractivity contribution in [3.63, 3.8) is 0 Å². The first-order valence-electron chi connectivity index (χ1n) is 5.24. The Morgan fingerprint density at radius 3 is 2.78 bits per heavy atom. The minimum atomic E-state index is -0.646. The minimum absolute atomic E-state index is 0.138. The molecule has 0 spiro atoms. The van der Waals surface area contributed by atoms with Gasteiger partial charge in [-0.05, 0) is 17.7 Å². The molecular weight excluding hydrogens is 256 g/mol. The molecule has 0 aliphatic heterocycles. The zero-order valence-corrected chi connectivity index (χ0v) is 10.4. The fraction of sp³-hybridized carbons (Fsp3) is 0.167. The zero-order valence-electron chi connectivity index (χ0n) is 9.61. The van der Waals surface area contributed by atoms with Crippen molar-refractivity contribution in [2.45, 2.75) is 6.42 Å². The van der Waals surface area contributed by atoms with Gasteiger partial charge in [-0.3, -0.25) is 14.3 Å². The van der Waals surface area contributed by atoms with Crippen molar-refractivity contribution in [1.29, 1.82) is 0 Å². The summed E-state index contributed by atoms with van der Waals surface area (Å²) in [5.74, 6) is -0.330. The Hall–Kier alpha value is -2.01. The Morgan fingerprint density at radius 2 is 2.11 bits per heavy atom. The van der Waals surface area contributed by atoms with E-state index in [9.17, 15) is 14.7 Å². The lowest BCUT2D eigenvalue weighted by molar-refractivity contribution is 0.411. The molecule has 0 aliphatic carbocycles. The highest BCUT2D eigenvalue weighted by molar-refractivity contribution is 6.30. The normalized spacial score (nSPS) is 10.6. The zero-order chi connectivity index (χ0) is 13.3. The number of nitrogens with one attached hydrogen (secondary N) is 1. The van der Waals surface area contributed by atoms with Gasteiger partial charge in [-0.1, -0.05) is 23.7 Å². The van der Waals surface area contributed by atoms with Gasteiger partial charge in [0.1, 0.15) is 0 Å². The lowest BCUT2D eigenvalue weighted by atomic mass is 10.1. The number of benzene rings is 1. The SMILES string of the molecule is Cn1c(O)c(Cc2cccc(Cl)c2)c(=O)[nH]c1=O. The van der Waals surface area contributed by atoms with Crippen molar-refractivity contribution in [2.75, 3.05) is 0 Å². The number of nitrogens with zero attached hydrogens (tertiary/aromatic N) is 1. The highest BCUT2D eigenvalue weighted by Crippen LogP contribution is 2.17. The van der Waals surface area contributed by atoms with Crippen LogP contribution in [0.25, 0.3) is 0 Å². The van der Waals surface area contributed by atoms with E-state index in [2.05, 4.69) is 4.98 Å². The van der Waals surface area contributed by atoms with Gasteiger partial charge in [0.05, 0.1) is 5.56 Å². The summed E-state index contributed by atoms with van der Waals surface area (Å²) in [5, 5.41) is 10.3. The van der Waals surface area contributed by atoms with E-state index in [0.29, 0.717) is 5.02 Å². The number of aromatic hydroxyl groups is 1. The number of hydrogen-bond donors (Lipinski definition) is 2. The van der Waals surface area contributed by atoms with Crippen LogP contribution >= 0.6 is 11.6 Å². The molecule has 2 rings (SSSR count). The van der Waals surface area contributed by atoms with Crippen molar-refractivity contribution in [3.8, 4) is 5.88 Å². The van der Waals surface area contributed by atoms with Gasteiger partial charge >= 0.3 is 5.69 Å². The summed E-state index contributed by atoms with van der Waals surface area (Å²) >= 11 is 5.84. The molecule has 0 atom stereocenters. The molecule has 2 aromatic rings. The largest absolute Gasteiger partial charge is 0.494 e. The molecule has 2 N–H and O–H groups in total. The first kappa shape index (κ1) is 12.4. The maximum atomic E-state index is 11.6. The van der Waals surface area contributed by atoms with Crippen LogP contribution in [0.3, 0.4) is 0 Å². The van der Waals surface area contributed by atoms with Crippen molar-refractivity contribution in [3.05, 3.63) is 61.3 Å². The quantitative estimate of drug-likeness (QED) is 0.852. The van der Waals surface area contributed by atoms with Crippen LogP contribution < -0.4 is 11.2 Å². The van der Waals surface area contributed by atoms with Gasteiger partial charge in [-0.25, -0.2) is 4.79 Å². The number of aromatic nitrogens is 2. The molecule has 0 saturated heterocycles. The molecule has 0 radical (unpaired) electrons. The standard InChI is InChI=1S/C12H11ClN2O3/c1-15-11(17)9(10(16)14-12(15)18)6-7-3-2-4-8(13)5-7/h2-5,17H,6H2,1H3,(H,14,16,18). The van der Waals surface area contributed by atoms with Crippen LogP contribution in [0.1, 0.15) is 11.1 Å². The molecular formula is C12H11ClN2O3. The Morgan fingerprint density at radius 1 is 1.39 bits per heavy atom. The van der Waals surface area contributed by atoms with Crippen molar-refractivity contribution in [2.24, 2.45) is 7.05 Å². The highest BCUT2D eigenvalue weighted by atomic mass is 35.5. The Bertz CT molecular complexity index is 703. The van der Waals surface area contributed by atoms with Crippen LogP contribution in [0.15, 0.2) is 33.9 Å². The lowest BCUT2D eigenvalue weighted by Gasteiger charge is -2.07. The average molecular weight is 267 g/mol. The van der Waals surface area contributed by atoms with E-state index in [1.807, 2.05) is 0 Å². The molecule has 1 aromatic heterocycles. The second-order valence-corrected chi connectivity index (χ2v) is 4.36. The third-order valence-electron chi connectivity index (χ3n) is 2.66. The van der Waals surface area contributed by atoms with Crippen LogP contribution in [0.4, 0.5) is 0 Å². The van der Waals surface area contributed by atoms with Gasteiger partial charge in [0.2, 0.25) is 5.88 Å². The summed E-state index contributed by atoms with van der Waals surface area (Å²) in [5.41, 5.74) is -0.316. The van der Waals surface area contributed by atoms with E-state index >= 15 is 0 Å². The molecule has 5 nitrogen and oxygen atoms in total. The molecule has 18 heavy (non-hydrogen) atoms. The topological polar surface area (TPSA) is 75.1 Å².